The first-order valence-electron chi connectivity index (χ1n) is 6.11. The summed E-state index contributed by atoms with van der Waals surface area (Å²) < 4.78 is 27.2. The zero-order chi connectivity index (χ0) is 15.6. The maximum Gasteiger partial charge on any atom is 0.241 e. The maximum atomic E-state index is 12.3. The van der Waals surface area contributed by atoms with Gasteiger partial charge in [-0.2, -0.15) is 0 Å². The third-order valence-corrected chi connectivity index (χ3v) is 5.56. The van der Waals surface area contributed by atoms with Crippen molar-refractivity contribution in [1.82, 2.24) is 9.71 Å². The summed E-state index contributed by atoms with van der Waals surface area (Å²) in [4.78, 5) is 5.43. The second-order valence-electron chi connectivity index (χ2n) is 4.51. The minimum atomic E-state index is -3.58. The molecule has 0 aliphatic carbocycles. The Morgan fingerprint density at radius 3 is 2.67 bits per heavy atom. The third kappa shape index (κ3) is 3.85. The highest BCUT2D eigenvalue weighted by atomic mass is 32.2. The predicted molar refractivity (Wildman–Crippen MR) is 87.9 cm³/mol. The van der Waals surface area contributed by atoms with Crippen molar-refractivity contribution >= 4 is 38.6 Å². The fraction of sp³-hybridized carbons (Fsp3) is 0.231. The number of nitrogens with one attached hydrogen (secondary N) is 1. The van der Waals surface area contributed by atoms with E-state index in [-0.39, 0.29) is 16.4 Å². The van der Waals surface area contributed by atoms with Crippen molar-refractivity contribution in [3.05, 3.63) is 45.4 Å². The van der Waals surface area contributed by atoms with Crippen molar-refractivity contribution in [2.75, 3.05) is 0 Å². The van der Waals surface area contributed by atoms with Gasteiger partial charge in [-0.15, -0.1) is 11.3 Å². The smallest absolute Gasteiger partial charge is 0.241 e. The summed E-state index contributed by atoms with van der Waals surface area (Å²) in [7, 11) is -3.58. The molecule has 2 aromatic rings. The zero-order valence-corrected chi connectivity index (χ0v) is 14.0. The number of benzene rings is 1. The molecule has 8 heteroatoms. The van der Waals surface area contributed by atoms with E-state index in [0.29, 0.717) is 11.1 Å². The molecule has 0 aliphatic rings. The highest BCUT2D eigenvalue weighted by Gasteiger charge is 2.17. The van der Waals surface area contributed by atoms with Crippen LogP contribution < -0.4 is 10.5 Å². The lowest BCUT2D eigenvalue weighted by Crippen LogP contribution is -2.24. The molecule has 1 heterocycles. The van der Waals surface area contributed by atoms with Crippen LogP contribution in [0.25, 0.3) is 0 Å². The van der Waals surface area contributed by atoms with Gasteiger partial charge in [0.15, 0.2) is 0 Å². The van der Waals surface area contributed by atoms with Crippen molar-refractivity contribution < 1.29 is 8.42 Å². The lowest BCUT2D eigenvalue weighted by molar-refractivity contribution is 0.581. The van der Waals surface area contributed by atoms with E-state index in [2.05, 4.69) is 9.71 Å². The second-order valence-corrected chi connectivity index (χ2v) is 8.01. The van der Waals surface area contributed by atoms with Crippen molar-refractivity contribution in [1.29, 1.82) is 0 Å². The van der Waals surface area contributed by atoms with Crippen LogP contribution in [0.15, 0.2) is 29.3 Å². The summed E-state index contributed by atoms with van der Waals surface area (Å²) in [5, 5.41) is 0.904. The number of nitrogens with two attached hydrogens (primary N) is 1. The van der Waals surface area contributed by atoms with Gasteiger partial charge in [-0.1, -0.05) is 18.3 Å². The highest BCUT2D eigenvalue weighted by molar-refractivity contribution is 7.89. The molecule has 1 aromatic heterocycles. The number of thiocarbonyl (C=S) groups is 1. The normalized spacial score (nSPS) is 11.5. The van der Waals surface area contributed by atoms with Crippen LogP contribution in [0.2, 0.25) is 0 Å². The first-order chi connectivity index (χ1) is 9.79. The lowest BCUT2D eigenvalue weighted by Gasteiger charge is -2.10. The minimum absolute atomic E-state index is 0.226. The van der Waals surface area contributed by atoms with E-state index in [4.69, 9.17) is 18.0 Å². The maximum absolute atomic E-state index is 12.3. The number of hydrogen-bond acceptors (Lipinski definition) is 5. The fourth-order valence-corrected chi connectivity index (χ4v) is 4.02. The van der Waals surface area contributed by atoms with Crippen LogP contribution >= 0.6 is 23.6 Å². The van der Waals surface area contributed by atoms with Crippen molar-refractivity contribution in [3.63, 3.8) is 0 Å². The molecule has 0 radical (unpaired) electrons. The largest absolute Gasteiger partial charge is 0.389 e. The standard InChI is InChI=1S/C13H15N3O2S3/c1-8-5-10(13(14)19)3-4-12(8)21(17,18)16-7-11-6-15-9(2)20-11/h3-6,16H,7H2,1-2H3,(H2,14,19). The van der Waals surface area contributed by atoms with E-state index >= 15 is 0 Å². The molecule has 0 fully saturated rings. The van der Waals surface area contributed by atoms with Crippen molar-refractivity contribution in [2.45, 2.75) is 25.3 Å². The highest BCUT2D eigenvalue weighted by Crippen LogP contribution is 2.18. The predicted octanol–water partition coefficient (Wildman–Crippen LogP) is 1.87. The number of rotatable bonds is 5. The van der Waals surface area contributed by atoms with Crippen LogP contribution in [0.3, 0.4) is 0 Å². The van der Waals surface area contributed by atoms with E-state index in [1.54, 1.807) is 25.3 Å². The molecular formula is C13H15N3O2S3. The van der Waals surface area contributed by atoms with Crippen LogP contribution in [0.1, 0.15) is 21.0 Å². The van der Waals surface area contributed by atoms with E-state index in [1.807, 2.05) is 6.92 Å². The molecule has 21 heavy (non-hydrogen) atoms. The van der Waals surface area contributed by atoms with Crippen molar-refractivity contribution in [2.24, 2.45) is 5.73 Å². The number of hydrogen-bond donors (Lipinski definition) is 2. The average Bonchev–Trinajstić information content (AvgIpc) is 2.82. The number of sulfonamides is 1. The summed E-state index contributed by atoms with van der Waals surface area (Å²) in [6.45, 7) is 3.82. The van der Waals surface area contributed by atoms with Gasteiger partial charge in [0.05, 0.1) is 9.90 Å². The van der Waals surface area contributed by atoms with Crippen LogP contribution in [-0.2, 0) is 16.6 Å². The first-order valence-corrected chi connectivity index (χ1v) is 8.82. The van der Waals surface area contributed by atoms with Crippen LogP contribution in [0, 0.1) is 13.8 Å². The zero-order valence-electron chi connectivity index (χ0n) is 11.6. The molecule has 2 rings (SSSR count). The van der Waals surface area contributed by atoms with Crippen molar-refractivity contribution in [3.8, 4) is 0 Å². The molecule has 0 spiro atoms. The third-order valence-electron chi connectivity index (χ3n) is 2.85. The summed E-state index contributed by atoms with van der Waals surface area (Å²) in [6.07, 6.45) is 1.67. The summed E-state index contributed by atoms with van der Waals surface area (Å²) >= 11 is 6.35. The molecule has 0 aliphatic heterocycles. The molecule has 0 unspecified atom stereocenters. The molecule has 1 aromatic carbocycles. The van der Waals surface area contributed by atoms with Gasteiger partial charge in [0.2, 0.25) is 10.0 Å². The SMILES string of the molecule is Cc1ncc(CNS(=O)(=O)c2ccc(C(N)=S)cc2C)s1. The quantitative estimate of drug-likeness (QED) is 0.811. The Hall–Kier alpha value is -1.35. The van der Waals surface area contributed by atoms with Crippen LogP contribution in [0.5, 0.6) is 0 Å². The molecule has 0 saturated carbocycles. The molecular weight excluding hydrogens is 326 g/mol. The van der Waals surface area contributed by atoms with Gasteiger partial charge in [-0.25, -0.2) is 18.1 Å². The average molecular weight is 341 g/mol. The van der Waals surface area contributed by atoms with Gasteiger partial charge >= 0.3 is 0 Å². The van der Waals surface area contributed by atoms with E-state index in [9.17, 15) is 8.42 Å². The van der Waals surface area contributed by atoms with E-state index in [0.717, 1.165) is 9.88 Å². The second kappa shape index (κ2) is 6.18. The minimum Gasteiger partial charge on any atom is -0.389 e. The fourth-order valence-electron chi connectivity index (χ4n) is 1.84. The Morgan fingerprint density at radius 1 is 1.43 bits per heavy atom. The monoisotopic (exact) mass is 341 g/mol. The molecule has 0 amide bonds. The number of aromatic nitrogens is 1. The molecule has 0 atom stereocenters. The van der Waals surface area contributed by atoms with Gasteiger partial charge in [-0.05, 0) is 31.5 Å². The van der Waals surface area contributed by atoms with Crippen LogP contribution in [0.4, 0.5) is 0 Å². The number of thiazole rings is 1. The molecule has 112 valence electrons. The summed E-state index contributed by atoms with van der Waals surface area (Å²) in [5.74, 6) is 0. The number of aryl methyl sites for hydroxylation is 2. The summed E-state index contributed by atoms with van der Waals surface area (Å²) in [5.41, 5.74) is 6.80. The van der Waals surface area contributed by atoms with E-state index in [1.165, 1.54) is 17.4 Å². The Bertz CT molecular complexity index is 782. The Balaban J connectivity index is 2.21. The summed E-state index contributed by atoms with van der Waals surface area (Å²) in [6, 6.07) is 4.80. The van der Waals surface area contributed by atoms with Gasteiger partial charge in [0.25, 0.3) is 0 Å². The molecule has 3 N–H and O–H groups in total. The van der Waals surface area contributed by atoms with E-state index < -0.39 is 10.0 Å². The lowest BCUT2D eigenvalue weighted by atomic mass is 10.1. The van der Waals surface area contributed by atoms with Gasteiger partial charge in [-0.3, -0.25) is 0 Å². The van der Waals surface area contributed by atoms with Gasteiger partial charge in [0.1, 0.15) is 4.99 Å². The molecule has 0 bridgehead atoms. The van der Waals surface area contributed by atoms with Gasteiger partial charge < -0.3 is 5.73 Å². The molecule has 0 saturated heterocycles. The Morgan fingerprint density at radius 2 is 2.14 bits per heavy atom. The van der Waals surface area contributed by atoms with Crippen LogP contribution in [-0.4, -0.2) is 18.4 Å². The topological polar surface area (TPSA) is 85.1 Å². The number of nitrogens with zero attached hydrogens (tertiary/aromatic N) is 1. The Labute approximate surface area is 133 Å². The first kappa shape index (κ1) is 16.0. The molecule has 5 nitrogen and oxygen atoms in total. The van der Waals surface area contributed by atoms with Gasteiger partial charge in [0, 0.05) is 23.2 Å². The Kier molecular flexibility index (Phi) is 4.72.